The van der Waals surface area contributed by atoms with Crippen LogP contribution in [-0.4, -0.2) is 36.8 Å². The molecule has 1 aromatic carbocycles. The van der Waals surface area contributed by atoms with Crippen LogP contribution in [-0.2, 0) is 16.8 Å². The average molecular weight is 292 g/mol. The molecule has 2 aromatic rings. The summed E-state index contributed by atoms with van der Waals surface area (Å²) < 4.78 is 26.8. The highest BCUT2D eigenvalue weighted by molar-refractivity contribution is 7.87. The Morgan fingerprint density at radius 1 is 1.15 bits per heavy atom. The highest BCUT2D eigenvalue weighted by Crippen LogP contribution is 2.16. The van der Waals surface area contributed by atoms with E-state index in [9.17, 15) is 8.42 Å². The number of aromatic nitrogens is 2. The topological polar surface area (TPSA) is 75.2 Å². The Kier molecular flexibility index (Phi) is 4.43. The minimum absolute atomic E-state index is 0.128. The SMILES string of the molecule is CN(C)S(=O)(=O)NCc1cc(-c2ccccc2)ncn1. The highest BCUT2D eigenvalue weighted by Gasteiger charge is 2.12. The molecule has 6 nitrogen and oxygen atoms in total. The van der Waals surface area contributed by atoms with Crippen molar-refractivity contribution in [2.45, 2.75) is 6.54 Å². The van der Waals surface area contributed by atoms with E-state index in [4.69, 9.17) is 0 Å². The van der Waals surface area contributed by atoms with Crippen LogP contribution in [0.4, 0.5) is 0 Å². The molecule has 1 N–H and O–H groups in total. The zero-order valence-electron chi connectivity index (χ0n) is 11.3. The standard InChI is InChI=1S/C13H16N4O2S/c1-17(2)20(18,19)16-9-12-8-13(15-10-14-12)11-6-4-3-5-7-11/h3-8,10,16H,9H2,1-2H3. The highest BCUT2D eigenvalue weighted by atomic mass is 32.2. The first-order valence-corrected chi connectivity index (χ1v) is 7.46. The van der Waals surface area contributed by atoms with Gasteiger partial charge in [-0.2, -0.15) is 17.4 Å². The van der Waals surface area contributed by atoms with Crippen molar-refractivity contribution in [2.24, 2.45) is 0 Å². The van der Waals surface area contributed by atoms with Crippen LogP contribution in [0.25, 0.3) is 11.3 Å². The molecule has 0 atom stereocenters. The molecule has 0 aliphatic heterocycles. The predicted molar refractivity (Wildman–Crippen MR) is 76.9 cm³/mol. The molecule has 20 heavy (non-hydrogen) atoms. The lowest BCUT2D eigenvalue weighted by Gasteiger charge is -2.12. The lowest BCUT2D eigenvalue weighted by atomic mass is 10.1. The quantitative estimate of drug-likeness (QED) is 0.893. The van der Waals surface area contributed by atoms with Crippen LogP contribution in [0.2, 0.25) is 0 Å². The Morgan fingerprint density at radius 3 is 2.50 bits per heavy atom. The van der Waals surface area contributed by atoms with Crippen molar-refractivity contribution >= 4 is 10.2 Å². The van der Waals surface area contributed by atoms with Gasteiger partial charge in [0.2, 0.25) is 0 Å². The summed E-state index contributed by atoms with van der Waals surface area (Å²) in [5.74, 6) is 0. The summed E-state index contributed by atoms with van der Waals surface area (Å²) in [4.78, 5) is 8.26. The molecule has 1 heterocycles. The van der Waals surface area contributed by atoms with Crippen molar-refractivity contribution in [3.05, 3.63) is 48.4 Å². The van der Waals surface area contributed by atoms with Gasteiger partial charge >= 0.3 is 0 Å². The van der Waals surface area contributed by atoms with Gasteiger partial charge in [-0.1, -0.05) is 30.3 Å². The van der Waals surface area contributed by atoms with Gasteiger partial charge in [0.25, 0.3) is 10.2 Å². The summed E-state index contributed by atoms with van der Waals surface area (Å²) in [6.45, 7) is 0.128. The second-order valence-corrected chi connectivity index (χ2v) is 6.34. The molecular weight excluding hydrogens is 276 g/mol. The molecule has 7 heteroatoms. The molecule has 2 rings (SSSR count). The molecule has 0 fully saturated rings. The van der Waals surface area contributed by atoms with Crippen LogP contribution in [0.1, 0.15) is 5.69 Å². The van der Waals surface area contributed by atoms with Gasteiger partial charge in [0.15, 0.2) is 0 Å². The number of nitrogens with one attached hydrogen (secondary N) is 1. The van der Waals surface area contributed by atoms with E-state index in [1.807, 2.05) is 30.3 Å². The summed E-state index contributed by atoms with van der Waals surface area (Å²) in [6, 6.07) is 11.4. The fraction of sp³-hybridized carbons (Fsp3) is 0.231. The summed E-state index contributed by atoms with van der Waals surface area (Å²) in [5, 5.41) is 0. The number of nitrogens with zero attached hydrogens (tertiary/aromatic N) is 3. The summed E-state index contributed by atoms with van der Waals surface area (Å²) in [6.07, 6.45) is 1.43. The molecule has 0 bridgehead atoms. The van der Waals surface area contributed by atoms with E-state index in [0.717, 1.165) is 15.6 Å². The molecule has 0 saturated heterocycles. The van der Waals surface area contributed by atoms with E-state index >= 15 is 0 Å². The first-order valence-electron chi connectivity index (χ1n) is 6.02. The van der Waals surface area contributed by atoms with Crippen LogP contribution >= 0.6 is 0 Å². The van der Waals surface area contributed by atoms with Gasteiger partial charge in [-0.3, -0.25) is 0 Å². The second-order valence-electron chi connectivity index (χ2n) is 4.37. The first kappa shape index (κ1) is 14.6. The first-order chi connectivity index (χ1) is 9.49. The molecule has 0 unspecified atom stereocenters. The fourth-order valence-corrected chi connectivity index (χ4v) is 2.14. The molecule has 0 spiro atoms. The van der Waals surface area contributed by atoms with E-state index in [1.165, 1.54) is 20.4 Å². The molecule has 0 saturated carbocycles. The molecule has 0 aliphatic rings. The van der Waals surface area contributed by atoms with Crippen LogP contribution in [0, 0.1) is 0 Å². The smallest absolute Gasteiger partial charge is 0.240 e. The third kappa shape index (κ3) is 3.60. The summed E-state index contributed by atoms with van der Waals surface area (Å²) >= 11 is 0. The monoisotopic (exact) mass is 292 g/mol. The Bertz CT molecular complexity index is 672. The third-order valence-electron chi connectivity index (χ3n) is 2.71. The van der Waals surface area contributed by atoms with Gasteiger partial charge in [0.05, 0.1) is 17.9 Å². The maximum absolute atomic E-state index is 11.6. The number of rotatable bonds is 5. The van der Waals surface area contributed by atoms with E-state index in [-0.39, 0.29) is 6.54 Å². The lowest BCUT2D eigenvalue weighted by Crippen LogP contribution is -2.35. The van der Waals surface area contributed by atoms with Crippen molar-refractivity contribution in [1.29, 1.82) is 0 Å². The minimum Gasteiger partial charge on any atom is -0.240 e. The van der Waals surface area contributed by atoms with Crippen molar-refractivity contribution < 1.29 is 8.42 Å². The van der Waals surface area contributed by atoms with Crippen molar-refractivity contribution in [3.8, 4) is 11.3 Å². The normalized spacial score (nSPS) is 11.8. The molecule has 0 amide bonds. The van der Waals surface area contributed by atoms with Crippen LogP contribution < -0.4 is 4.72 Å². The van der Waals surface area contributed by atoms with Gasteiger partial charge in [-0.15, -0.1) is 0 Å². The fourth-order valence-electron chi connectivity index (χ4n) is 1.56. The van der Waals surface area contributed by atoms with Crippen LogP contribution in [0.3, 0.4) is 0 Å². The van der Waals surface area contributed by atoms with E-state index in [2.05, 4.69) is 14.7 Å². The summed E-state index contributed by atoms with van der Waals surface area (Å²) in [5.41, 5.74) is 2.34. The maximum Gasteiger partial charge on any atom is 0.279 e. The number of hydrogen-bond donors (Lipinski definition) is 1. The van der Waals surface area contributed by atoms with Gasteiger partial charge in [-0.25, -0.2) is 9.97 Å². The van der Waals surface area contributed by atoms with Crippen molar-refractivity contribution in [3.63, 3.8) is 0 Å². The van der Waals surface area contributed by atoms with Crippen molar-refractivity contribution in [2.75, 3.05) is 14.1 Å². The van der Waals surface area contributed by atoms with E-state index in [1.54, 1.807) is 6.07 Å². The largest absolute Gasteiger partial charge is 0.279 e. The molecule has 0 aliphatic carbocycles. The van der Waals surface area contributed by atoms with Gasteiger partial charge < -0.3 is 0 Å². The number of benzene rings is 1. The Labute approximate surface area is 118 Å². The molecule has 1 aromatic heterocycles. The van der Waals surface area contributed by atoms with Gasteiger partial charge in [-0.05, 0) is 6.07 Å². The zero-order valence-corrected chi connectivity index (χ0v) is 12.1. The minimum atomic E-state index is -3.45. The van der Waals surface area contributed by atoms with E-state index in [0.29, 0.717) is 5.69 Å². The van der Waals surface area contributed by atoms with E-state index < -0.39 is 10.2 Å². The molecular formula is C13H16N4O2S. The zero-order chi connectivity index (χ0) is 14.6. The predicted octanol–water partition coefficient (Wildman–Crippen LogP) is 1.04. The summed E-state index contributed by atoms with van der Waals surface area (Å²) in [7, 11) is -0.511. The average Bonchev–Trinajstić information content (AvgIpc) is 2.46. The van der Waals surface area contributed by atoms with Gasteiger partial charge in [0.1, 0.15) is 6.33 Å². The Balaban J connectivity index is 2.15. The van der Waals surface area contributed by atoms with Gasteiger partial charge in [0, 0.05) is 19.7 Å². The molecule has 106 valence electrons. The third-order valence-corrected chi connectivity index (χ3v) is 4.18. The van der Waals surface area contributed by atoms with Crippen LogP contribution in [0.5, 0.6) is 0 Å². The number of hydrogen-bond acceptors (Lipinski definition) is 4. The second kappa shape index (κ2) is 6.08. The van der Waals surface area contributed by atoms with Crippen molar-refractivity contribution in [1.82, 2.24) is 19.0 Å². The van der Waals surface area contributed by atoms with Crippen LogP contribution in [0.15, 0.2) is 42.7 Å². The Morgan fingerprint density at radius 2 is 1.85 bits per heavy atom. The lowest BCUT2D eigenvalue weighted by molar-refractivity contribution is 0.504. The molecule has 0 radical (unpaired) electrons. The Hall–Kier alpha value is -1.83. The maximum atomic E-state index is 11.6.